The lowest BCUT2D eigenvalue weighted by Crippen LogP contribution is -2.41. The molecule has 0 amide bonds. The van der Waals surface area contributed by atoms with Gasteiger partial charge >= 0.3 is 7.12 Å². The average Bonchev–Trinajstić information content (AvgIpc) is 3.22. The molecule has 0 bridgehead atoms. The van der Waals surface area contributed by atoms with Crippen LogP contribution in [0.25, 0.3) is 43.5 Å². The molecule has 30 heavy (non-hydrogen) atoms. The summed E-state index contributed by atoms with van der Waals surface area (Å²) in [5.41, 5.74) is 2.15. The van der Waals surface area contributed by atoms with Gasteiger partial charge in [-0.1, -0.05) is 60.7 Å². The number of rotatable bonds is 1. The third-order valence-corrected chi connectivity index (χ3v) is 6.90. The zero-order chi connectivity index (χ0) is 20.7. The minimum Gasteiger partial charge on any atom is -0.455 e. The first kappa shape index (κ1) is 18.0. The maximum absolute atomic E-state index is 6.34. The van der Waals surface area contributed by atoms with Crippen LogP contribution in [0.1, 0.15) is 27.7 Å². The van der Waals surface area contributed by atoms with Crippen molar-refractivity contribution in [1.29, 1.82) is 0 Å². The topological polar surface area (TPSA) is 31.6 Å². The van der Waals surface area contributed by atoms with Crippen molar-refractivity contribution in [2.45, 2.75) is 38.9 Å². The number of hydrogen-bond donors (Lipinski definition) is 0. The molecule has 1 fully saturated rings. The van der Waals surface area contributed by atoms with Gasteiger partial charge in [-0.2, -0.15) is 0 Å². The summed E-state index contributed by atoms with van der Waals surface area (Å²) in [6.45, 7) is 8.34. The quantitative estimate of drug-likeness (QED) is 0.251. The fourth-order valence-electron chi connectivity index (χ4n) is 4.55. The molecule has 1 aliphatic rings. The highest BCUT2D eigenvalue weighted by molar-refractivity contribution is 6.62. The van der Waals surface area contributed by atoms with Gasteiger partial charge in [0.1, 0.15) is 11.2 Å². The highest BCUT2D eigenvalue weighted by Gasteiger charge is 2.51. The standard InChI is InChI=1S/C26H23BO3/c1-25(2)26(3,4)30-27(29-25)16-13-14-19-21(15-16)17-9-5-6-10-18(17)23-20-11-7-8-12-22(20)28-24(19)23/h5-15H,1-4H3. The maximum atomic E-state index is 6.34. The van der Waals surface area contributed by atoms with E-state index in [1.54, 1.807) is 0 Å². The molecule has 1 aliphatic heterocycles. The lowest BCUT2D eigenvalue weighted by atomic mass is 9.77. The van der Waals surface area contributed by atoms with Gasteiger partial charge in [-0.05, 0) is 55.4 Å². The monoisotopic (exact) mass is 394 g/mol. The van der Waals surface area contributed by atoms with Gasteiger partial charge in [-0.3, -0.25) is 0 Å². The summed E-state index contributed by atoms with van der Waals surface area (Å²) in [6, 6.07) is 23.3. The van der Waals surface area contributed by atoms with Crippen LogP contribution in [0.5, 0.6) is 0 Å². The summed E-state index contributed by atoms with van der Waals surface area (Å²) in [5, 5.41) is 7.02. The van der Waals surface area contributed by atoms with E-state index in [9.17, 15) is 0 Å². The Morgan fingerprint density at radius 3 is 2.00 bits per heavy atom. The van der Waals surface area contributed by atoms with Crippen molar-refractivity contribution in [2.75, 3.05) is 0 Å². The third-order valence-electron chi connectivity index (χ3n) is 6.90. The minimum absolute atomic E-state index is 0.364. The first-order chi connectivity index (χ1) is 14.4. The molecule has 148 valence electrons. The molecule has 0 saturated carbocycles. The predicted octanol–water partition coefficient (Wildman–Crippen LogP) is 6.19. The molecule has 3 nitrogen and oxygen atoms in total. The van der Waals surface area contributed by atoms with E-state index in [2.05, 4.69) is 82.3 Å². The fourth-order valence-corrected chi connectivity index (χ4v) is 4.55. The lowest BCUT2D eigenvalue weighted by molar-refractivity contribution is 0.00578. The van der Waals surface area contributed by atoms with Gasteiger partial charge in [-0.25, -0.2) is 0 Å². The number of fused-ring (bicyclic) bond motifs is 8. The molecule has 0 N–H and O–H groups in total. The number of para-hydroxylation sites is 1. The lowest BCUT2D eigenvalue weighted by Gasteiger charge is -2.32. The molecule has 5 aromatic rings. The van der Waals surface area contributed by atoms with Gasteiger partial charge in [-0.15, -0.1) is 0 Å². The highest BCUT2D eigenvalue weighted by atomic mass is 16.7. The van der Waals surface area contributed by atoms with Crippen LogP contribution in [0, 0.1) is 0 Å². The molecule has 1 aromatic heterocycles. The first-order valence-corrected chi connectivity index (χ1v) is 10.5. The zero-order valence-electron chi connectivity index (χ0n) is 17.7. The maximum Gasteiger partial charge on any atom is 0.494 e. The van der Waals surface area contributed by atoms with E-state index in [0.717, 1.165) is 32.8 Å². The largest absolute Gasteiger partial charge is 0.494 e. The van der Waals surface area contributed by atoms with Crippen LogP contribution in [0.15, 0.2) is 71.1 Å². The second-order valence-corrected chi connectivity index (χ2v) is 9.24. The van der Waals surface area contributed by atoms with Crippen LogP contribution in [0.2, 0.25) is 0 Å². The zero-order valence-corrected chi connectivity index (χ0v) is 17.7. The Kier molecular flexibility index (Phi) is 3.52. The van der Waals surface area contributed by atoms with Crippen molar-refractivity contribution in [3.05, 3.63) is 66.7 Å². The molecule has 2 heterocycles. The Morgan fingerprint density at radius 2 is 1.27 bits per heavy atom. The molecular formula is C26H23BO3. The molecule has 0 spiro atoms. The smallest absolute Gasteiger partial charge is 0.455 e. The molecule has 4 aromatic carbocycles. The minimum atomic E-state index is -0.385. The van der Waals surface area contributed by atoms with Gasteiger partial charge in [0.15, 0.2) is 0 Å². The molecule has 6 rings (SSSR count). The highest BCUT2D eigenvalue weighted by Crippen LogP contribution is 2.41. The third kappa shape index (κ3) is 2.35. The van der Waals surface area contributed by atoms with Gasteiger partial charge < -0.3 is 13.7 Å². The fraction of sp³-hybridized carbons (Fsp3) is 0.231. The summed E-state index contributed by atoms with van der Waals surface area (Å²) >= 11 is 0. The van der Waals surface area contributed by atoms with Gasteiger partial charge in [0.25, 0.3) is 0 Å². The second kappa shape index (κ2) is 5.87. The van der Waals surface area contributed by atoms with Crippen LogP contribution in [0.4, 0.5) is 0 Å². The predicted molar refractivity (Wildman–Crippen MR) is 124 cm³/mol. The van der Waals surface area contributed by atoms with Crippen LogP contribution >= 0.6 is 0 Å². The molecule has 0 aliphatic carbocycles. The van der Waals surface area contributed by atoms with Crippen molar-refractivity contribution in [3.8, 4) is 0 Å². The summed E-state index contributed by atoms with van der Waals surface area (Å²) in [4.78, 5) is 0. The van der Waals surface area contributed by atoms with Crippen molar-refractivity contribution < 1.29 is 13.7 Å². The molecular weight excluding hydrogens is 371 g/mol. The Morgan fingerprint density at radius 1 is 0.633 bits per heavy atom. The Hall–Kier alpha value is -2.82. The SMILES string of the molecule is CC1(C)OB(c2ccc3c(c2)c2ccccc2c2c4ccccc4oc32)OC1(C)C. The average molecular weight is 394 g/mol. The van der Waals surface area contributed by atoms with E-state index < -0.39 is 0 Å². The van der Waals surface area contributed by atoms with E-state index >= 15 is 0 Å². The number of benzene rings is 4. The summed E-state index contributed by atoms with van der Waals surface area (Å²) < 4.78 is 18.9. The summed E-state index contributed by atoms with van der Waals surface area (Å²) in [7, 11) is -0.385. The van der Waals surface area contributed by atoms with Gasteiger partial charge in [0, 0.05) is 16.2 Å². The Bertz CT molecular complexity index is 1450. The molecule has 0 unspecified atom stereocenters. The first-order valence-electron chi connectivity index (χ1n) is 10.5. The number of furan rings is 1. The van der Waals surface area contributed by atoms with Crippen molar-refractivity contribution in [3.63, 3.8) is 0 Å². The Balaban J connectivity index is 1.66. The van der Waals surface area contributed by atoms with Crippen molar-refractivity contribution >= 4 is 56.1 Å². The second-order valence-electron chi connectivity index (χ2n) is 9.24. The molecule has 1 saturated heterocycles. The van der Waals surface area contributed by atoms with Crippen LogP contribution in [-0.4, -0.2) is 18.3 Å². The summed E-state index contributed by atoms with van der Waals surface area (Å²) in [5.74, 6) is 0. The van der Waals surface area contributed by atoms with E-state index in [-0.39, 0.29) is 18.3 Å². The van der Waals surface area contributed by atoms with Crippen molar-refractivity contribution in [1.82, 2.24) is 0 Å². The van der Waals surface area contributed by atoms with E-state index in [1.165, 1.54) is 16.2 Å². The molecule has 0 atom stereocenters. The van der Waals surface area contributed by atoms with Gasteiger partial charge in [0.2, 0.25) is 0 Å². The Labute approximate surface area is 175 Å². The van der Waals surface area contributed by atoms with Crippen LogP contribution < -0.4 is 5.46 Å². The normalized spacial score (nSPS) is 18.2. The number of hydrogen-bond acceptors (Lipinski definition) is 3. The van der Waals surface area contributed by atoms with E-state index in [4.69, 9.17) is 13.7 Å². The molecule has 0 radical (unpaired) electrons. The van der Waals surface area contributed by atoms with E-state index in [1.807, 2.05) is 12.1 Å². The van der Waals surface area contributed by atoms with Crippen LogP contribution in [0.3, 0.4) is 0 Å². The molecule has 4 heteroatoms. The van der Waals surface area contributed by atoms with Gasteiger partial charge in [0.05, 0.1) is 11.2 Å². The van der Waals surface area contributed by atoms with E-state index in [0.29, 0.717) is 0 Å². The van der Waals surface area contributed by atoms with Crippen LogP contribution in [-0.2, 0) is 9.31 Å². The van der Waals surface area contributed by atoms with Crippen molar-refractivity contribution in [2.24, 2.45) is 0 Å². The summed E-state index contributed by atoms with van der Waals surface area (Å²) in [6.07, 6.45) is 0.